The van der Waals surface area contributed by atoms with Crippen LogP contribution in [0, 0.1) is 0 Å². The molecule has 0 radical (unpaired) electrons. The summed E-state index contributed by atoms with van der Waals surface area (Å²) in [5.41, 5.74) is 1.57. The number of aliphatic hydroxyl groups is 1. The van der Waals surface area contributed by atoms with Crippen molar-refractivity contribution in [2.45, 2.75) is 13.0 Å². The van der Waals surface area contributed by atoms with Crippen LogP contribution in [0.3, 0.4) is 0 Å². The number of carbonyl (C=O) groups is 3. The standard InChI is InChI=1S/C26H23N3O6/c1-15(30)28-17-6-8-18(9-7-17)29-23(16-5-4-12-27-14-16)22(25(32)26(29)33)24(31)20-13-19(34-2)10-11-21(20)35-3/h4-14,23,31H,1-3H3,(H,28,30)/b24-22+. The highest BCUT2D eigenvalue weighted by Crippen LogP contribution is 2.43. The van der Waals surface area contributed by atoms with Crippen LogP contribution in [0.5, 0.6) is 11.5 Å². The Kier molecular flexibility index (Phi) is 6.50. The summed E-state index contributed by atoms with van der Waals surface area (Å²) in [5.74, 6) is -1.56. The number of hydrogen-bond acceptors (Lipinski definition) is 7. The lowest BCUT2D eigenvalue weighted by atomic mass is 9.95. The van der Waals surface area contributed by atoms with Crippen LogP contribution in [0.15, 0.2) is 72.6 Å². The lowest BCUT2D eigenvalue weighted by Gasteiger charge is -2.25. The number of aliphatic hydroxyl groups excluding tert-OH is 1. The minimum atomic E-state index is -0.953. The van der Waals surface area contributed by atoms with Crippen molar-refractivity contribution in [3.63, 3.8) is 0 Å². The summed E-state index contributed by atoms with van der Waals surface area (Å²) in [5, 5.41) is 14.0. The number of Topliss-reactive ketones (excluding diaryl/α,β-unsaturated/α-hetero) is 1. The lowest BCUT2D eigenvalue weighted by Crippen LogP contribution is -2.29. The average molecular weight is 473 g/mol. The lowest BCUT2D eigenvalue weighted by molar-refractivity contribution is -0.132. The summed E-state index contributed by atoms with van der Waals surface area (Å²) in [7, 11) is 2.91. The summed E-state index contributed by atoms with van der Waals surface area (Å²) in [6.07, 6.45) is 3.11. The number of pyridine rings is 1. The van der Waals surface area contributed by atoms with Gasteiger partial charge in [-0.15, -0.1) is 0 Å². The number of benzene rings is 2. The molecule has 0 bridgehead atoms. The maximum atomic E-state index is 13.3. The van der Waals surface area contributed by atoms with E-state index >= 15 is 0 Å². The number of rotatable bonds is 6. The summed E-state index contributed by atoms with van der Waals surface area (Å²) in [6.45, 7) is 1.39. The van der Waals surface area contributed by atoms with Gasteiger partial charge < -0.3 is 19.9 Å². The van der Waals surface area contributed by atoms with Gasteiger partial charge in [0.25, 0.3) is 11.7 Å². The highest BCUT2D eigenvalue weighted by Gasteiger charge is 2.47. The van der Waals surface area contributed by atoms with Crippen LogP contribution in [0.2, 0.25) is 0 Å². The zero-order chi connectivity index (χ0) is 25.1. The number of carbonyl (C=O) groups excluding carboxylic acids is 3. The monoisotopic (exact) mass is 473 g/mol. The van der Waals surface area contributed by atoms with Gasteiger partial charge in [0.05, 0.1) is 31.4 Å². The van der Waals surface area contributed by atoms with Crippen LogP contribution in [0.4, 0.5) is 11.4 Å². The SMILES string of the molecule is COc1ccc(OC)c(/C(O)=C2\C(=O)C(=O)N(c3ccc(NC(C)=O)cc3)C2c2cccnc2)c1. The molecule has 3 aromatic rings. The van der Waals surface area contributed by atoms with Crippen LogP contribution in [-0.4, -0.2) is 41.9 Å². The first-order chi connectivity index (χ1) is 16.8. The van der Waals surface area contributed by atoms with E-state index in [0.717, 1.165) is 0 Å². The number of hydrogen-bond donors (Lipinski definition) is 2. The summed E-state index contributed by atoms with van der Waals surface area (Å²) in [6, 6.07) is 13.7. The smallest absolute Gasteiger partial charge is 0.300 e. The molecule has 1 aliphatic heterocycles. The van der Waals surface area contributed by atoms with Crippen LogP contribution >= 0.6 is 0 Å². The number of methoxy groups -OCH3 is 2. The Morgan fingerprint density at radius 1 is 1.06 bits per heavy atom. The number of amides is 2. The van der Waals surface area contributed by atoms with Crippen LogP contribution in [-0.2, 0) is 14.4 Å². The van der Waals surface area contributed by atoms with E-state index in [1.807, 2.05) is 0 Å². The first kappa shape index (κ1) is 23.5. The quantitative estimate of drug-likeness (QED) is 0.318. The van der Waals surface area contributed by atoms with Gasteiger partial charge in [-0.3, -0.25) is 24.3 Å². The number of ketones is 1. The van der Waals surface area contributed by atoms with E-state index < -0.39 is 23.5 Å². The first-order valence-electron chi connectivity index (χ1n) is 10.7. The van der Waals surface area contributed by atoms with Crippen molar-refractivity contribution < 1.29 is 29.0 Å². The number of aromatic nitrogens is 1. The maximum absolute atomic E-state index is 13.3. The fraction of sp³-hybridized carbons (Fsp3) is 0.154. The molecule has 178 valence electrons. The largest absolute Gasteiger partial charge is 0.507 e. The minimum absolute atomic E-state index is 0.111. The number of nitrogens with one attached hydrogen (secondary N) is 1. The number of nitrogens with zero attached hydrogens (tertiary/aromatic N) is 2. The molecule has 1 aromatic heterocycles. The maximum Gasteiger partial charge on any atom is 0.300 e. The zero-order valence-electron chi connectivity index (χ0n) is 19.3. The Labute approximate surface area is 201 Å². The van der Waals surface area contributed by atoms with Crippen molar-refractivity contribution in [2.24, 2.45) is 0 Å². The molecule has 0 spiro atoms. The van der Waals surface area contributed by atoms with Crippen LogP contribution < -0.4 is 19.7 Å². The van der Waals surface area contributed by atoms with Gasteiger partial charge in [0.2, 0.25) is 5.91 Å². The van der Waals surface area contributed by atoms with Crippen molar-refractivity contribution in [3.8, 4) is 11.5 Å². The minimum Gasteiger partial charge on any atom is -0.507 e. The van der Waals surface area contributed by atoms with Crippen molar-refractivity contribution in [2.75, 3.05) is 24.4 Å². The average Bonchev–Trinajstić information content (AvgIpc) is 3.14. The molecule has 1 unspecified atom stereocenters. The Morgan fingerprint density at radius 3 is 2.40 bits per heavy atom. The second-order valence-corrected chi connectivity index (χ2v) is 7.75. The molecule has 1 fully saturated rings. The van der Waals surface area contributed by atoms with Gasteiger partial charge in [-0.1, -0.05) is 6.07 Å². The summed E-state index contributed by atoms with van der Waals surface area (Å²) in [4.78, 5) is 43.4. The van der Waals surface area contributed by atoms with Crippen molar-refractivity contribution in [1.29, 1.82) is 0 Å². The van der Waals surface area contributed by atoms with Crippen molar-refractivity contribution in [1.82, 2.24) is 4.98 Å². The third-order valence-electron chi connectivity index (χ3n) is 5.57. The highest BCUT2D eigenvalue weighted by atomic mass is 16.5. The molecule has 2 amide bonds. The van der Waals surface area contributed by atoms with Gasteiger partial charge in [0.1, 0.15) is 17.3 Å². The van der Waals surface area contributed by atoms with Crippen LogP contribution in [0.1, 0.15) is 24.1 Å². The van der Waals surface area contributed by atoms with Gasteiger partial charge in [-0.05, 0) is 54.1 Å². The molecule has 35 heavy (non-hydrogen) atoms. The molecular weight excluding hydrogens is 450 g/mol. The number of ether oxygens (including phenoxy) is 2. The van der Waals surface area contributed by atoms with E-state index in [9.17, 15) is 19.5 Å². The Balaban J connectivity index is 1.90. The Bertz CT molecular complexity index is 1320. The second-order valence-electron chi connectivity index (χ2n) is 7.75. The van der Waals surface area contributed by atoms with Crippen molar-refractivity contribution in [3.05, 3.63) is 83.7 Å². The Hall–Kier alpha value is -4.66. The molecule has 1 atom stereocenters. The molecule has 1 saturated heterocycles. The number of anilines is 2. The van der Waals surface area contributed by atoms with Gasteiger partial charge in [0, 0.05) is 30.7 Å². The van der Waals surface area contributed by atoms with E-state index in [1.165, 1.54) is 38.3 Å². The summed E-state index contributed by atoms with van der Waals surface area (Å²) < 4.78 is 10.6. The van der Waals surface area contributed by atoms with E-state index in [1.54, 1.807) is 54.7 Å². The fourth-order valence-electron chi connectivity index (χ4n) is 4.00. The molecule has 2 aromatic carbocycles. The molecule has 9 heteroatoms. The molecule has 4 rings (SSSR count). The third kappa shape index (κ3) is 4.43. The molecule has 1 aliphatic rings. The highest BCUT2D eigenvalue weighted by molar-refractivity contribution is 6.51. The molecule has 0 aliphatic carbocycles. The van der Waals surface area contributed by atoms with Gasteiger partial charge in [0.15, 0.2) is 0 Å². The van der Waals surface area contributed by atoms with E-state index in [2.05, 4.69) is 10.3 Å². The van der Waals surface area contributed by atoms with E-state index in [-0.39, 0.29) is 17.0 Å². The van der Waals surface area contributed by atoms with Gasteiger partial charge in [-0.2, -0.15) is 0 Å². The predicted molar refractivity (Wildman–Crippen MR) is 129 cm³/mol. The summed E-state index contributed by atoms with van der Waals surface area (Å²) >= 11 is 0. The Morgan fingerprint density at radius 2 is 1.80 bits per heavy atom. The molecule has 2 heterocycles. The van der Waals surface area contributed by atoms with E-state index in [4.69, 9.17) is 9.47 Å². The normalized spacial score (nSPS) is 16.8. The zero-order valence-corrected chi connectivity index (χ0v) is 19.3. The van der Waals surface area contributed by atoms with Gasteiger partial charge in [-0.25, -0.2) is 0 Å². The molecular formula is C26H23N3O6. The first-order valence-corrected chi connectivity index (χ1v) is 10.7. The fourth-order valence-corrected chi connectivity index (χ4v) is 4.00. The van der Waals surface area contributed by atoms with Gasteiger partial charge >= 0.3 is 0 Å². The molecule has 9 nitrogen and oxygen atoms in total. The van der Waals surface area contributed by atoms with Crippen LogP contribution in [0.25, 0.3) is 5.76 Å². The molecule has 2 N–H and O–H groups in total. The molecule has 0 saturated carbocycles. The van der Waals surface area contributed by atoms with E-state index in [0.29, 0.717) is 28.4 Å². The third-order valence-corrected chi connectivity index (χ3v) is 5.57. The van der Waals surface area contributed by atoms with Crippen molar-refractivity contribution >= 4 is 34.7 Å². The predicted octanol–water partition coefficient (Wildman–Crippen LogP) is 3.68. The second kappa shape index (κ2) is 9.68. The topological polar surface area (TPSA) is 118 Å².